The highest BCUT2D eigenvalue weighted by molar-refractivity contribution is 6.30. The maximum absolute atomic E-state index is 5.97. The Bertz CT molecular complexity index is 1240. The molecule has 4 heteroatoms. The van der Waals surface area contributed by atoms with E-state index in [4.69, 9.17) is 23.2 Å². The number of benzene rings is 4. The first kappa shape index (κ1) is 21.8. The van der Waals surface area contributed by atoms with Gasteiger partial charge in [0.25, 0.3) is 0 Å². The summed E-state index contributed by atoms with van der Waals surface area (Å²) in [5.74, 6) is 0. The SMILES string of the molecule is C=Cc1cc(Nc2ccc(Cl)cc2)ccc1C(=C)c1ccc(Nc2ccc(Cl)cc2)cc1. The lowest BCUT2D eigenvalue weighted by atomic mass is 9.94. The van der Waals surface area contributed by atoms with Gasteiger partial charge in [0.15, 0.2) is 0 Å². The Morgan fingerprint density at radius 3 is 1.56 bits per heavy atom. The van der Waals surface area contributed by atoms with Crippen LogP contribution in [0.5, 0.6) is 0 Å². The Hall–Kier alpha value is -3.46. The van der Waals surface area contributed by atoms with Gasteiger partial charge in [-0.2, -0.15) is 0 Å². The van der Waals surface area contributed by atoms with E-state index in [1.165, 1.54) is 0 Å². The fraction of sp³-hybridized carbons (Fsp3) is 0. The summed E-state index contributed by atoms with van der Waals surface area (Å²) in [5.41, 5.74) is 7.97. The molecule has 158 valence electrons. The summed E-state index contributed by atoms with van der Waals surface area (Å²) in [7, 11) is 0. The van der Waals surface area contributed by atoms with Gasteiger partial charge in [-0.05, 0) is 95.1 Å². The van der Waals surface area contributed by atoms with Gasteiger partial charge in [-0.3, -0.25) is 0 Å². The normalized spacial score (nSPS) is 10.4. The third-order valence-corrected chi connectivity index (χ3v) is 5.60. The second-order valence-electron chi connectivity index (χ2n) is 7.33. The van der Waals surface area contributed by atoms with Gasteiger partial charge < -0.3 is 10.6 Å². The van der Waals surface area contributed by atoms with Gasteiger partial charge in [0.2, 0.25) is 0 Å². The van der Waals surface area contributed by atoms with Crippen LogP contribution < -0.4 is 10.6 Å². The molecular weight excluding hydrogens is 435 g/mol. The monoisotopic (exact) mass is 456 g/mol. The second kappa shape index (κ2) is 9.78. The van der Waals surface area contributed by atoms with E-state index in [-0.39, 0.29) is 0 Å². The molecule has 0 spiro atoms. The largest absolute Gasteiger partial charge is 0.356 e. The fourth-order valence-corrected chi connectivity index (χ4v) is 3.65. The van der Waals surface area contributed by atoms with Crippen molar-refractivity contribution in [2.75, 3.05) is 10.6 Å². The van der Waals surface area contributed by atoms with Crippen molar-refractivity contribution in [2.45, 2.75) is 0 Å². The minimum absolute atomic E-state index is 0.711. The fourth-order valence-electron chi connectivity index (χ4n) is 3.39. The first-order valence-electron chi connectivity index (χ1n) is 10.1. The van der Waals surface area contributed by atoms with E-state index in [0.29, 0.717) is 5.02 Å². The Kier molecular flexibility index (Phi) is 6.65. The zero-order chi connectivity index (χ0) is 22.5. The molecule has 0 heterocycles. The maximum atomic E-state index is 5.97. The lowest BCUT2D eigenvalue weighted by molar-refractivity contribution is 1.49. The van der Waals surface area contributed by atoms with E-state index in [0.717, 1.165) is 50.0 Å². The third kappa shape index (κ3) is 5.23. The van der Waals surface area contributed by atoms with E-state index in [2.05, 4.69) is 48.1 Å². The molecule has 0 fully saturated rings. The van der Waals surface area contributed by atoms with Crippen molar-refractivity contribution in [2.24, 2.45) is 0 Å². The van der Waals surface area contributed by atoms with Gasteiger partial charge >= 0.3 is 0 Å². The summed E-state index contributed by atoms with van der Waals surface area (Å²) in [6.45, 7) is 8.32. The van der Waals surface area contributed by atoms with Crippen LogP contribution in [0.3, 0.4) is 0 Å². The van der Waals surface area contributed by atoms with Gasteiger partial charge in [-0.15, -0.1) is 0 Å². The minimum Gasteiger partial charge on any atom is -0.356 e. The van der Waals surface area contributed by atoms with E-state index >= 15 is 0 Å². The molecular formula is C28H22Cl2N2. The van der Waals surface area contributed by atoms with Gasteiger partial charge in [-0.1, -0.05) is 60.6 Å². The molecule has 2 nitrogen and oxygen atoms in total. The molecule has 0 saturated heterocycles. The van der Waals surface area contributed by atoms with Crippen LogP contribution in [0, 0.1) is 0 Å². The molecule has 4 aromatic rings. The summed E-state index contributed by atoms with van der Waals surface area (Å²) in [4.78, 5) is 0. The van der Waals surface area contributed by atoms with Crippen molar-refractivity contribution < 1.29 is 0 Å². The smallest absolute Gasteiger partial charge is 0.0407 e. The molecule has 4 aromatic carbocycles. The topological polar surface area (TPSA) is 24.1 Å². The number of nitrogens with one attached hydrogen (secondary N) is 2. The first-order chi connectivity index (χ1) is 15.5. The molecule has 0 radical (unpaired) electrons. The van der Waals surface area contributed by atoms with Crippen molar-refractivity contribution in [1.29, 1.82) is 0 Å². The molecule has 2 N–H and O–H groups in total. The molecule has 0 unspecified atom stereocenters. The van der Waals surface area contributed by atoms with E-state index in [9.17, 15) is 0 Å². The Balaban J connectivity index is 1.51. The average Bonchev–Trinajstić information content (AvgIpc) is 2.82. The van der Waals surface area contributed by atoms with E-state index in [1.54, 1.807) is 0 Å². The van der Waals surface area contributed by atoms with E-state index in [1.807, 2.05) is 72.8 Å². The van der Waals surface area contributed by atoms with Crippen LogP contribution in [-0.4, -0.2) is 0 Å². The quantitative estimate of drug-likeness (QED) is 0.289. The summed E-state index contributed by atoms with van der Waals surface area (Å²) >= 11 is 11.9. The maximum Gasteiger partial charge on any atom is 0.0407 e. The zero-order valence-corrected chi connectivity index (χ0v) is 18.9. The first-order valence-corrected chi connectivity index (χ1v) is 10.9. The zero-order valence-electron chi connectivity index (χ0n) is 17.4. The molecule has 0 aliphatic heterocycles. The highest BCUT2D eigenvalue weighted by Gasteiger charge is 2.08. The van der Waals surface area contributed by atoms with Crippen molar-refractivity contribution in [1.82, 2.24) is 0 Å². The summed E-state index contributed by atoms with van der Waals surface area (Å²) in [6.07, 6.45) is 1.85. The second-order valence-corrected chi connectivity index (χ2v) is 8.20. The van der Waals surface area contributed by atoms with Crippen LogP contribution in [-0.2, 0) is 0 Å². The van der Waals surface area contributed by atoms with Crippen LogP contribution >= 0.6 is 23.2 Å². The molecule has 0 atom stereocenters. The number of halogens is 2. The number of rotatable bonds is 7. The van der Waals surface area contributed by atoms with E-state index < -0.39 is 0 Å². The molecule has 0 aliphatic rings. The molecule has 32 heavy (non-hydrogen) atoms. The van der Waals surface area contributed by atoms with Crippen LogP contribution in [0.1, 0.15) is 16.7 Å². The van der Waals surface area contributed by atoms with Crippen molar-refractivity contribution in [3.8, 4) is 0 Å². The molecule has 0 amide bonds. The Labute approximate surface area is 198 Å². The molecule has 4 rings (SSSR count). The summed E-state index contributed by atoms with van der Waals surface area (Å²) < 4.78 is 0. The van der Waals surface area contributed by atoms with Gasteiger partial charge in [0, 0.05) is 32.8 Å². The number of anilines is 4. The standard InChI is InChI=1S/C28H22Cl2N2/c1-3-20-18-27(32-26-14-8-23(30)9-15-26)16-17-28(20)19(2)21-4-10-24(11-5-21)31-25-12-6-22(29)7-13-25/h3-18,31-32H,1-2H2. The average molecular weight is 457 g/mol. The molecule has 0 aromatic heterocycles. The highest BCUT2D eigenvalue weighted by Crippen LogP contribution is 2.30. The van der Waals surface area contributed by atoms with Crippen LogP contribution in [0.25, 0.3) is 11.6 Å². The Morgan fingerprint density at radius 2 is 1.06 bits per heavy atom. The molecule has 0 bridgehead atoms. The van der Waals surface area contributed by atoms with Gasteiger partial charge in [0.1, 0.15) is 0 Å². The van der Waals surface area contributed by atoms with Crippen LogP contribution in [0.2, 0.25) is 10.0 Å². The van der Waals surface area contributed by atoms with Gasteiger partial charge in [0.05, 0.1) is 0 Å². The predicted octanol–water partition coefficient (Wildman–Crippen LogP) is 9.19. The lowest BCUT2D eigenvalue weighted by Gasteiger charge is -2.14. The van der Waals surface area contributed by atoms with Crippen LogP contribution in [0.15, 0.2) is 104 Å². The number of hydrogen-bond donors (Lipinski definition) is 2. The van der Waals surface area contributed by atoms with Crippen LogP contribution in [0.4, 0.5) is 22.7 Å². The molecule has 0 aliphatic carbocycles. The predicted molar refractivity (Wildman–Crippen MR) is 141 cm³/mol. The summed E-state index contributed by atoms with van der Waals surface area (Å²) in [6, 6.07) is 29.6. The summed E-state index contributed by atoms with van der Waals surface area (Å²) in [5, 5.41) is 8.19. The van der Waals surface area contributed by atoms with Crippen molar-refractivity contribution >= 4 is 57.6 Å². The molecule has 0 saturated carbocycles. The minimum atomic E-state index is 0.711. The third-order valence-electron chi connectivity index (χ3n) is 5.10. The van der Waals surface area contributed by atoms with Crippen molar-refractivity contribution in [3.63, 3.8) is 0 Å². The highest BCUT2D eigenvalue weighted by atomic mass is 35.5. The van der Waals surface area contributed by atoms with Gasteiger partial charge in [-0.25, -0.2) is 0 Å². The number of hydrogen-bond acceptors (Lipinski definition) is 2. The Morgan fingerprint density at radius 1 is 0.625 bits per heavy atom. The lowest BCUT2D eigenvalue weighted by Crippen LogP contribution is -1.95. The van der Waals surface area contributed by atoms with Crippen molar-refractivity contribution in [3.05, 3.63) is 131 Å².